The summed E-state index contributed by atoms with van der Waals surface area (Å²) in [6.07, 6.45) is 3.22. The predicted molar refractivity (Wildman–Crippen MR) is 65.8 cm³/mol. The van der Waals surface area contributed by atoms with Crippen LogP contribution >= 0.6 is 15.9 Å². The summed E-state index contributed by atoms with van der Waals surface area (Å²) in [6, 6.07) is 4.09. The van der Waals surface area contributed by atoms with E-state index in [1.807, 2.05) is 12.1 Å². The minimum Gasteiger partial charge on any atom is -0.381 e. The highest BCUT2D eigenvalue weighted by molar-refractivity contribution is 9.10. The normalized spacial score (nSPS) is 20.8. The van der Waals surface area contributed by atoms with Crippen LogP contribution in [0.1, 0.15) is 23.7 Å². The van der Waals surface area contributed by atoms with E-state index < -0.39 is 0 Å². The standard InChI is InChI=1S/C12H13BrN2O/c1-8-10(13)2-3-12-14-11(6-15(8)12)9-4-5-16-7-9/h2-3,6,9H,4-5,7H2,1H3. The van der Waals surface area contributed by atoms with Crippen molar-refractivity contribution in [2.75, 3.05) is 13.2 Å². The molecule has 2 aromatic heterocycles. The molecule has 0 aliphatic carbocycles. The molecular formula is C12H13BrN2O. The Hall–Kier alpha value is -0.870. The van der Waals surface area contributed by atoms with Crippen LogP contribution in [-0.2, 0) is 4.74 Å². The molecule has 3 heterocycles. The van der Waals surface area contributed by atoms with Gasteiger partial charge in [0.1, 0.15) is 5.65 Å². The molecule has 0 bridgehead atoms. The Morgan fingerprint density at radius 3 is 3.12 bits per heavy atom. The van der Waals surface area contributed by atoms with Gasteiger partial charge < -0.3 is 9.14 Å². The fourth-order valence-corrected chi connectivity index (χ4v) is 2.47. The highest BCUT2D eigenvalue weighted by atomic mass is 79.9. The molecule has 1 aliphatic rings. The summed E-state index contributed by atoms with van der Waals surface area (Å²) in [4.78, 5) is 4.66. The zero-order chi connectivity index (χ0) is 11.1. The van der Waals surface area contributed by atoms with E-state index in [1.54, 1.807) is 0 Å². The number of nitrogens with zero attached hydrogens (tertiary/aromatic N) is 2. The van der Waals surface area contributed by atoms with Crippen LogP contribution in [0.4, 0.5) is 0 Å². The molecule has 1 fully saturated rings. The zero-order valence-electron chi connectivity index (χ0n) is 9.11. The van der Waals surface area contributed by atoms with Gasteiger partial charge in [0, 0.05) is 28.9 Å². The Labute approximate surface area is 103 Å². The Bertz CT molecular complexity index is 529. The number of aromatic nitrogens is 2. The maximum atomic E-state index is 5.40. The van der Waals surface area contributed by atoms with Crippen molar-refractivity contribution in [2.45, 2.75) is 19.3 Å². The molecular weight excluding hydrogens is 268 g/mol. The van der Waals surface area contributed by atoms with E-state index in [2.05, 4.69) is 38.4 Å². The lowest BCUT2D eigenvalue weighted by atomic mass is 10.1. The van der Waals surface area contributed by atoms with Crippen LogP contribution in [-0.4, -0.2) is 22.6 Å². The van der Waals surface area contributed by atoms with Crippen LogP contribution in [0, 0.1) is 6.92 Å². The van der Waals surface area contributed by atoms with E-state index in [4.69, 9.17) is 4.74 Å². The fraction of sp³-hybridized carbons (Fsp3) is 0.417. The van der Waals surface area contributed by atoms with E-state index in [0.29, 0.717) is 5.92 Å². The minimum atomic E-state index is 0.470. The van der Waals surface area contributed by atoms with Gasteiger partial charge in [-0.2, -0.15) is 0 Å². The van der Waals surface area contributed by atoms with Gasteiger partial charge in [-0.1, -0.05) is 0 Å². The average molecular weight is 281 g/mol. The van der Waals surface area contributed by atoms with Gasteiger partial charge in [-0.3, -0.25) is 0 Å². The highest BCUT2D eigenvalue weighted by Gasteiger charge is 2.20. The molecule has 3 nitrogen and oxygen atoms in total. The second-order valence-electron chi connectivity index (χ2n) is 4.22. The first-order valence-electron chi connectivity index (χ1n) is 5.47. The number of hydrogen-bond acceptors (Lipinski definition) is 2. The maximum Gasteiger partial charge on any atom is 0.137 e. The Morgan fingerprint density at radius 1 is 1.50 bits per heavy atom. The van der Waals surface area contributed by atoms with Crippen molar-refractivity contribution >= 4 is 21.6 Å². The third kappa shape index (κ3) is 1.57. The smallest absolute Gasteiger partial charge is 0.137 e. The predicted octanol–water partition coefficient (Wildman–Crippen LogP) is 2.91. The van der Waals surface area contributed by atoms with Crippen LogP contribution < -0.4 is 0 Å². The summed E-state index contributed by atoms with van der Waals surface area (Å²) in [5.41, 5.74) is 3.36. The van der Waals surface area contributed by atoms with Crippen molar-refractivity contribution < 1.29 is 4.74 Å². The van der Waals surface area contributed by atoms with E-state index in [1.165, 1.54) is 5.69 Å². The van der Waals surface area contributed by atoms with Crippen molar-refractivity contribution in [3.05, 3.63) is 34.2 Å². The quantitative estimate of drug-likeness (QED) is 0.803. The van der Waals surface area contributed by atoms with Gasteiger partial charge >= 0.3 is 0 Å². The lowest BCUT2D eigenvalue weighted by Crippen LogP contribution is -1.97. The van der Waals surface area contributed by atoms with Crippen LogP contribution in [0.25, 0.3) is 5.65 Å². The lowest BCUT2D eigenvalue weighted by Gasteiger charge is -2.01. The molecule has 1 saturated heterocycles. The van der Waals surface area contributed by atoms with Gasteiger partial charge in [-0.05, 0) is 41.4 Å². The van der Waals surface area contributed by atoms with Gasteiger partial charge in [0.25, 0.3) is 0 Å². The molecule has 84 valence electrons. The molecule has 2 aromatic rings. The first-order valence-corrected chi connectivity index (χ1v) is 6.27. The summed E-state index contributed by atoms with van der Waals surface area (Å²) >= 11 is 3.54. The van der Waals surface area contributed by atoms with Crippen molar-refractivity contribution in [1.29, 1.82) is 0 Å². The molecule has 0 aromatic carbocycles. The molecule has 4 heteroatoms. The molecule has 0 radical (unpaired) electrons. The van der Waals surface area contributed by atoms with Crippen molar-refractivity contribution in [1.82, 2.24) is 9.38 Å². The number of rotatable bonds is 1. The van der Waals surface area contributed by atoms with Gasteiger partial charge in [-0.25, -0.2) is 4.98 Å². The number of pyridine rings is 1. The number of imidazole rings is 1. The monoisotopic (exact) mass is 280 g/mol. The average Bonchev–Trinajstić information content (AvgIpc) is 2.91. The van der Waals surface area contributed by atoms with Crippen molar-refractivity contribution in [2.24, 2.45) is 0 Å². The third-order valence-electron chi connectivity index (χ3n) is 3.19. The first kappa shape index (κ1) is 10.3. The Kier molecular flexibility index (Phi) is 2.48. The molecule has 1 atom stereocenters. The number of ether oxygens (including phenoxy) is 1. The van der Waals surface area contributed by atoms with E-state index >= 15 is 0 Å². The Morgan fingerprint density at radius 2 is 2.38 bits per heavy atom. The SMILES string of the molecule is Cc1c(Br)ccc2nc(C3CCOC3)cn12. The molecule has 3 rings (SSSR count). The number of aryl methyl sites for hydroxylation is 1. The van der Waals surface area contributed by atoms with Crippen LogP contribution in [0.15, 0.2) is 22.8 Å². The largest absolute Gasteiger partial charge is 0.381 e. The lowest BCUT2D eigenvalue weighted by molar-refractivity contribution is 0.193. The summed E-state index contributed by atoms with van der Waals surface area (Å²) in [5.74, 6) is 0.470. The molecule has 0 spiro atoms. The topological polar surface area (TPSA) is 26.5 Å². The molecule has 0 saturated carbocycles. The van der Waals surface area contributed by atoms with E-state index in [9.17, 15) is 0 Å². The second kappa shape index (κ2) is 3.86. The van der Waals surface area contributed by atoms with Gasteiger partial charge in [-0.15, -0.1) is 0 Å². The van der Waals surface area contributed by atoms with Gasteiger partial charge in [0.05, 0.1) is 12.3 Å². The van der Waals surface area contributed by atoms with Gasteiger partial charge in [0.15, 0.2) is 0 Å². The number of halogens is 1. The van der Waals surface area contributed by atoms with Gasteiger partial charge in [0.2, 0.25) is 0 Å². The van der Waals surface area contributed by atoms with Crippen molar-refractivity contribution in [3.8, 4) is 0 Å². The highest BCUT2D eigenvalue weighted by Crippen LogP contribution is 2.26. The van der Waals surface area contributed by atoms with Crippen LogP contribution in [0.3, 0.4) is 0 Å². The molecule has 0 N–H and O–H groups in total. The summed E-state index contributed by atoms with van der Waals surface area (Å²) in [5, 5.41) is 0. The number of fused-ring (bicyclic) bond motifs is 1. The van der Waals surface area contributed by atoms with Crippen molar-refractivity contribution in [3.63, 3.8) is 0 Å². The molecule has 0 amide bonds. The van der Waals surface area contributed by atoms with E-state index in [0.717, 1.165) is 35.4 Å². The maximum absolute atomic E-state index is 5.40. The molecule has 1 unspecified atom stereocenters. The first-order chi connectivity index (χ1) is 7.75. The third-order valence-corrected chi connectivity index (χ3v) is 4.02. The summed E-state index contributed by atoms with van der Waals surface area (Å²) in [7, 11) is 0. The molecule has 1 aliphatic heterocycles. The number of hydrogen-bond donors (Lipinski definition) is 0. The van der Waals surface area contributed by atoms with Crippen LogP contribution in [0.2, 0.25) is 0 Å². The second-order valence-corrected chi connectivity index (χ2v) is 5.08. The summed E-state index contributed by atoms with van der Waals surface area (Å²) in [6.45, 7) is 3.76. The zero-order valence-corrected chi connectivity index (χ0v) is 10.7. The fourth-order valence-electron chi connectivity index (χ4n) is 2.15. The van der Waals surface area contributed by atoms with E-state index in [-0.39, 0.29) is 0 Å². The van der Waals surface area contributed by atoms with Crippen LogP contribution in [0.5, 0.6) is 0 Å². The Balaban J connectivity index is 2.11. The summed E-state index contributed by atoms with van der Waals surface area (Å²) < 4.78 is 8.66. The molecule has 16 heavy (non-hydrogen) atoms. The minimum absolute atomic E-state index is 0.470.